The fraction of sp³-hybridized carbons (Fsp3) is 0.625. The van der Waals surface area contributed by atoms with E-state index < -0.39 is 11.6 Å². The van der Waals surface area contributed by atoms with Crippen LogP contribution in [0.15, 0.2) is 18.2 Å². The van der Waals surface area contributed by atoms with Crippen molar-refractivity contribution in [2.45, 2.75) is 31.3 Å². The van der Waals surface area contributed by atoms with Crippen LogP contribution in [0.3, 0.4) is 0 Å². The van der Waals surface area contributed by atoms with Crippen molar-refractivity contribution in [3.05, 3.63) is 35.4 Å². The van der Waals surface area contributed by atoms with Crippen LogP contribution in [0.4, 0.5) is 8.78 Å². The smallest absolute Gasteiger partial charge is 0.126 e. The van der Waals surface area contributed by atoms with Crippen LogP contribution in [0.5, 0.6) is 0 Å². The predicted octanol–water partition coefficient (Wildman–Crippen LogP) is 2.73. The minimum absolute atomic E-state index is 0.0440. The SMILES string of the molecule is CNC(CCN(C)C1CCOCC1)c1cc(F)cc(F)c1. The van der Waals surface area contributed by atoms with Crippen molar-refractivity contribution < 1.29 is 13.5 Å². The Morgan fingerprint density at radius 3 is 2.43 bits per heavy atom. The molecule has 118 valence electrons. The molecule has 1 N–H and O–H groups in total. The molecule has 0 aromatic heterocycles. The van der Waals surface area contributed by atoms with E-state index in [0.717, 1.165) is 45.1 Å². The van der Waals surface area contributed by atoms with Crippen molar-refractivity contribution in [2.75, 3.05) is 33.9 Å². The fourth-order valence-corrected chi connectivity index (χ4v) is 2.90. The van der Waals surface area contributed by atoms with Gasteiger partial charge in [0.05, 0.1) is 0 Å². The molecule has 0 saturated carbocycles. The van der Waals surface area contributed by atoms with Gasteiger partial charge in [0, 0.05) is 31.4 Å². The second-order valence-corrected chi connectivity index (χ2v) is 5.66. The van der Waals surface area contributed by atoms with Crippen molar-refractivity contribution in [1.82, 2.24) is 10.2 Å². The summed E-state index contributed by atoms with van der Waals surface area (Å²) in [5, 5.41) is 3.15. The van der Waals surface area contributed by atoms with Gasteiger partial charge in [-0.1, -0.05) is 0 Å². The molecule has 1 saturated heterocycles. The maximum atomic E-state index is 13.3. The van der Waals surface area contributed by atoms with Gasteiger partial charge in [-0.15, -0.1) is 0 Å². The monoisotopic (exact) mass is 298 g/mol. The molecule has 2 rings (SSSR count). The molecule has 1 fully saturated rings. The minimum Gasteiger partial charge on any atom is -0.381 e. The Hall–Kier alpha value is -1.04. The zero-order chi connectivity index (χ0) is 15.2. The van der Waals surface area contributed by atoms with Crippen molar-refractivity contribution >= 4 is 0 Å². The summed E-state index contributed by atoms with van der Waals surface area (Å²) in [6.07, 6.45) is 2.91. The molecule has 1 aromatic carbocycles. The number of halogens is 2. The Bertz CT molecular complexity index is 430. The standard InChI is InChI=1S/C16H24F2N2O/c1-19-16(12-9-13(17)11-14(18)10-12)3-6-20(2)15-4-7-21-8-5-15/h9-11,15-16,19H,3-8H2,1-2H3. The second kappa shape index (κ2) is 7.82. The Kier molecular flexibility index (Phi) is 6.08. The molecule has 0 spiro atoms. The fourth-order valence-electron chi connectivity index (χ4n) is 2.90. The van der Waals surface area contributed by atoms with Crippen LogP contribution in [-0.4, -0.2) is 44.8 Å². The van der Waals surface area contributed by atoms with Gasteiger partial charge in [0.1, 0.15) is 11.6 Å². The summed E-state index contributed by atoms with van der Waals surface area (Å²) in [5.74, 6) is -1.05. The van der Waals surface area contributed by atoms with E-state index in [1.165, 1.54) is 12.1 Å². The van der Waals surface area contributed by atoms with Gasteiger partial charge in [0.2, 0.25) is 0 Å². The van der Waals surface area contributed by atoms with E-state index >= 15 is 0 Å². The van der Waals surface area contributed by atoms with Crippen LogP contribution in [0.2, 0.25) is 0 Å². The minimum atomic E-state index is -0.525. The molecule has 1 heterocycles. The Morgan fingerprint density at radius 1 is 1.24 bits per heavy atom. The zero-order valence-electron chi connectivity index (χ0n) is 12.7. The first kappa shape index (κ1) is 16.3. The molecular weight excluding hydrogens is 274 g/mol. The van der Waals surface area contributed by atoms with E-state index in [4.69, 9.17) is 4.74 Å². The summed E-state index contributed by atoms with van der Waals surface area (Å²) < 4.78 is 32.0. The number of nitrogens with one attached hydrogen (secondary N) is 1. The molecule has 1 atom stereocenters. The highest BCUT2D eigenvalue weighted by molar-refractivity contribution is 5.21. The molecule has 5 heteroatoms. The van der Waals surface area contributed by atoms with Gasteiger partial charge in [-0.3, -0.25) is 0 Å². The van der Waals surface area contributed by atoms with E-state index in [-0.39, 0.29) is 6.04 Å². The Balaban J connectivity index is 1.92. The molecule has 1 aromatic rings. The topological polar surface area (TPSA) is 24.5 Å². The summed E-state index contributed by atoms with van der Waals surface area (Å²) in [5.41, 5.74) is 0.662. The van der Waals surface area contributed by atoms with E-state index in [0.29, 0.717) is 11.6 Å². The maximum absolute atomic E-state index is 13.3. The van der Waals surface area contributed by atoms with Gasteiger partial charge in [-0.05, 0) is 57.6 Å². The van der Waals surface area contributed by atoms with Crippen molar-refractivity contribution in [3.8, 4) is 0 Å². The van der Waals surface area contributed by atoms with Gasteiger partial charge in [-0.25, -0.2) is 8.78 Å². The lowest BCUT2D eigenvalue weighted by Gasteiger charge is -2.32. The van der Waals surface area contributed by atoms with E-state index in [2.05, 4.69) is 17.3 Å². The average molecular weight is 298 g/mol. The van der Waals surface area contributed by atoms with Crippen LogP contribution in [0.25, 0.3) is 0 Å². The maximum Gasteiger partial charge on any atom is 0.126 e. The summed E-state index contributed by atoms with van der Waals surface area (Å²) in [4.78, 5) is 2.32. The normalized spacial score (nSPS) is 18.1. The molecule has 1 unspecified atom stereocenters. The molecule has 0 bridgehead atoms. The number of ether oxygens (including phenoxy) is 1. The largest absolute Gasteiger partial charge is 0.381 e. The summed E-state index contributed by atoms with van der Waals surface area (Å²) in [6.45, 7) is 2.52. The number of rotatable bonds is 6. The van der Waals surface area contributed by atoms with Gasteiger partial charge in [0.15, 0.2) is 0 Å². The third-order valence-corrected chi connectivity index (χ3v) is 4.22. The Morgan fingerprint density at radius 2 is 1.86 bits per heavy atom. The predicted molar refractivity (Wildman–Crippen MR) is 79.2 cm³/mol. The lowest BCUT2D eigenvalue weighted by molar-refractivity contribution is 0.0420. The number of hydrogen-bond donors (Lipinski definition) is 1. The summed E-state index contributed by atoms with van der Waals surface area (Å²) >= 11 is 0. The van der Waals surface area contributed by atoms with E-state index in [1.807, 2.05) is 7.05 Å². The highest BCUT2D eigenvalue weighted by Crippen LogP contribution is 2.21. The number of benzene rings is 1. The first-order chi connectivity index (χ1) is 10.1. The first-order valence-electron chi connectivity index (χ1n) is 7.51. The average Bonchev–Trinajstić information content (AvgIpc) is 2.47. The molecule has 3 nitrogen and oxygen atoms in total. The highest BCUT2D eigenvalue weighted by Gasteiger charge is 2.20. The van der Waals surface area contributed by atoms with Crippen molar-refractivity contribution in [2.24, 2.45) is 0 Å². The van der Waals surface area contributed by atoms with Crippen LogP contribution < -0.4 is 5.32 Å². The van der Waals surface area contributed by atoms with Gasteiger partial charge in [0.25, 0.3) is 0 Å². The molecular formula is C16H24F2N2O. The summed E-state index contributed by atoms with van der Waals surface area (Å²) in [6, 6.07) is 4.21. The number of hydrogen-bond acceptors (Lipinski definition) is 3. The van der Waals surface area contributed by atoms with Crippen molar-refractivity contribution in [1.29, 1.82) is 0 Å². The second-order valence-electron chi connectivity index (χ2n) is 5.66. The molecule has 1 aliphatic rings. The van der Waals surface area contributed by atoms with Crippen LogP contribution in [0, 0.1) is 11.6 Å². The van der Waals surface area contributed by atoms with Crippen LogP contribution in [0.1, 0.15) is 30.9 Å². The molecule has 0 aliphatic carbocycles. The quantitative estimate of drug-likeness (QED) is 0.874. The van der Waals surface area contributed by atoms with Crippen LogP contribution in [-0.2, 0) is 4.74 Å². The molecule has 0 radical (unpaired) electrons. The van der Waals surface area contributed by atoms with Gasteiger partial charge in [-0.2, -0.15) is 0 Å². The molecule has 1 aliphatic heterocycles. The number of nitrogens with zero attached hydrogens (tertiary/aromatic N) is 1. The van der Waals surface area contributed by atoms with E-state index in [9.17, 15) is 8.78 Å². The third kappa shape index (κ3) is 4.73. The Labute approximate surface area is 125 Å². The van der Waals surface area contributed by atoms with E-state index in [1.54, 1.807) is 0 Å². The van der Waals surface area contributed by atoms with Crippen LogP contribution >= 0.6 is 0 Å². The zero-order valence-corrected chi connectivity index (χ0v) is 12.7. The first-order valence-corrected chi connectivity index (χ1v) is 7.51. The molecule has 0 amide bonds. The lowest BCUT2D eigenvalue weighted by Crippen LogP contribution is -2.38. The lowest BCUT2D eigenvalue weighted by atomic mass is 10.0. The van der Waals surface area contributed by atoms with Gasteiger partial charge < -0.3 is 15.0 Å². The third-order valence-electron chi connectivity index (χ3n) is 4.22. The van der Waals surface area contributed by atoms with Gasteiger partial charge >= 0.3 is 0 Å². The highest BCUT2D eigenvalue weighted by atomic mass is 19.1. The van der Waals surface area contributed by atoms with Crippen molar-refractivity contribution in [3.63, 3.8) is 0 Å². The summed E-state index contributed by atoms with van der Waals surface area (Å²) in [7, 11) is 3.93. The molecule has 21 heavy (non-hydrogen) atoms.